The largest absolute Gasteiger partial charge is 0.416 e. The number of piperazine rings is 1. The predicted molar refractivity (Wildman–Crippen MR) is 93.5 cm³/mol. The van der Waals surface area contributed by atoms with Gasteiger partial charge in [0, 0.05) is 44.3 Å². The summed E-state index contributed by atoms with van der Waals surface area (Å²) in [6.45, 7) is 4.33. The van der Waals surface area contributed by atoms with E-state index in [9.17, 15) is 13.2 Å². The van der Waals surface area contributed by atoms with Crippen LogP contribution in [0.3, 0.4) is 0 Å². The zero-order valence-electron chi connectivity index (χ0n) is 13.8. The fourth-order valence-electron chi connectivity index (χ4n) is 3.17. The van der Waals surface area contributed by atoms with E-state index < -0.39 is 11.7 Å². The number of hydrogen-bond acceptors (Lipinski definition) is 2. The fraction of sp³-hybridized carbons (Fsp3) is 0.368. The molecule has 0 aromatic heterocycles. The van der Waals surface area contributed by atoms with Gasteiger partial charge in [0.2, 0.25) is 0 Å². The molecule has 0 radical (unpaired) electrons. The van der Waals surface area contributed by atoms with Crippen LogP contribution in [0.5, 0.6) is 0 Å². The van der Waals surface area contributed by atoms with Crippen LogP contribution < -0.4 is 0 Å². The summed E-state index contributed by atoms with van der Waals surface area (Å²) >= 11 is 6.01. The van der Waals surface area contributed by atoms with E-state index in [1.54, 1.807) is 12.1 Å². The van der Waals surface area contributed by atoms with Gasteiger partial charge in [0.25, 0.3) is 0 Å². The van der Waals surface area contributed by atoms with Gasteiger partial charge in [-0.2, -0.15) is 13.2 Å². The quantitative estimate of drug-likeness (QED) is 0.773. The Morgan fingerprint density at radius 1 is 0.840 bits per heavy atom. The molecule has 2 aromatic rings. The van der Waals surface area contributed by atoms with Crippen molar-refractivity contribution < 1.29 is 13.2 Å². The molecular weight excluding hydrogens is 349 g/mol. The molecule has 3 rings (SSSR count). The molecule has 2 aromatic carbocycles. The monoisotopic (exact) mass is 368 g/mol. The lowest BCUT2D eigenvalue weighted by Gasteiger charge is -2.35. The van der Waals surface area contributed by atoms with E-state index in [0.717, 1.165) is 49.4 Å². The summed E-state index contributed by atoms with van der Waals surface area (Å²) in [4.78, 5) is 4.39. The Hall–Kier alpha value is -1.56. The third-order valence-electron chi connectivity index (χ3n) is 4.48. The molecule has 134 valence electrons. The lowest BCUT2D eigenvalue weighted by atomic mass is 10.1. The van der Waals surface area contributed by atoms with Crippen LogP contribution in [-0.2, 0) is 19.3 Å². The number of rotatable bonds is 4. The van der Waals surface area contributed by atoms with E-state index in [1.807, 2.05) is 24.3 Å². The van der Waals surface area contributed by atoms with Crippen molar-refractivity contribution in [2.24, 2.45) is 0 Å². The summed E-state index contributed by atoms with van der Waals surface area (Å²) < 4.78 is 39.3. The smallest absolute Gasteiger partial charge is 0.297 e. The molecule has 0 amide bonds. The summed E-state index contributed by atoms with van der Waals surface area (Å²) in [5, 5.41) is 0.722. The summed E-state index contributed by atoms with van der Waals surface area (Å²) in [6, 6.07) is 13.6. The highest BCUT2D eigenvalue weighted by atomic mass is 35.5. The molecule has 1 heterocycles. The van der Waals surface area contributed by atoms with Crippen LogP contribution >= 0.6 is 11.6 Å². The van der Waals surface area contributed by atoms with Gasteiger partial charge in [-0.1, -0.05) is 41.9 Å². The van der Waals surface area contributed by atoms with Crippen LogP contribution in [0.1, 0.15) is 16.7 Å². The molecule has 1 saturated heterocycles. The molecule has 0 unspecified atom stereocenters. The maximum Gasteiger partial charge on any atom is 0.416 e. The first-order valence-electron chi connectivity index (χ1n) is 8.26. The second-order valence-corrected chi connectivity index (χ2v) is 6.77. The van der Waals surface area contributed by atoms with Crippen LogP contribution in [0.15, 0.2) is 48.5 Å². The Balaban J connectivity index is 1.57. The molecular formula is C19H20ClF3N2. The molecule has 1 aliphatic rings. The Labute approximate surface area is 150 Å². The molecule has 25 heavy (non-hydrogen) atoms. The minimum atomic E-state index is -4.30. The van der Waals surface area contributed by atoms with Gasteiger partial charge in [0.15, 0.2) is 0 Å². The fourth-order valence-corrected chi connectivity index (χ4v) is 3.39. The lowest BCUT2D eigenvalue weighted by Crippen LogP contribution is -2.45. The van der Waals surface area contributed by atoms with Gasteiger partial charge >= 0.3 is 6.18 Å². The molecule has 0 bridgehead atoms. The van der Waals surface area contributed by atoms with E-state index in [2.05, 4.69) is 9.80 Å². The standard InChI is InChI=1S/C19H20ClF3N2/c20-17-6-3-4-15(12-17)13-24-8-10-25(11-9-24)14-16-5-1-2-7-18(16)19(21,22)23/h1-7,12H,8-11,13-14H2. The third-order valence-corrected chi connectivity index (χ3v) is 4.71. The van der Waals surface area contributed by atoms with Gasteiger partial charge in [-0.05, 0) is 29.3 Å². The third kappa shape index (κ3) is 4.97. The van der Waals surface area contributed by atoms with Crippen LogP contribution in [0, 0.1) is 0 Å². The van der Waals surface area contributed by atoms with Crippen LogP contribution in [0.25, 0.3) is 0 Å². The number of hydrogen-bond donors (Lipinski definition) is 0. The zero-order chi connectivity index (χ0) is 17.9. The average molecular weight is 369 g/mol. The lowest BCUT2D eigenvalue weighted by molar-refractivity contribution is -0.138. The zero-order valence-corrected chi connectivity index (χ0v) is 14.5. The topological polar surface area (TPSA) is 6.48 Å². The van der Waals surface area contributed by atoms with Gasteiger partial charge in [-0.3, -0.25) is 9.80 Å². The minimum Gasteiger partial charge on any atom is -0.297 e. The number of alkyl halides is 3. The van der Waals surface area contributed by atoms with Crippen LogP contribution in [0.4, 0.5) is 13.2 Å². The van der Waals surface area contributed by atoms with Gasteiger partial charge in [0.05, 0.1) is 5.56 Å². The first-order chi connectivity index (χ1) is 11.9. The number of benzene rings is 2. The van der Waals surface area contributed by atoms with Crippen LogP contribution in [0.2, 0.25) is 5.02 Å². The molecule has 0 spiro atoms. The van der Waals surface area contributed by atoms with Gasteiger partial charge in [0.1, 0.15) is 0 Å². The number of halogens is 4. The second kappa shape index (κ2) is 7.77. The van der Waals surface area contributed by atoms with Crippen LogP contribution in [-0.4, -0.2) is 36.0 Å². The van der Waals surface area contributed by atoms with Crippen molar-refractivity contribution in [1.82, 2.24) is 9.80 Å². The SMILES string of the molecule is FC(F)(F)c1ccccc1CN1CCN(Cc2cccc(Cl)c2)CC1. The van der Waals surface area contributed by atoms with Crippen molar-refractivity contribution in [3.63, 3.8) is 0 Å². The van der Waals surface area contributed by atoms with Crippen molar-refractivity contribution in [2.45, 2.75) is 19.3 Å². The second-order valence-electron chi connectivity index (χ2n) is 6.34. The number of nitrogens with zero attached hydrogens (tertiary/aromatic N) is 2. The molecule has 0 atom stereocenters. The highest BCUT2D eigenvalue weighted by Crippen LogP contribution is 2.32. The molecule has 1 aliphatic heterocycles. The van der Waals surface area contributed by atoms with E-state index >= 15 is 0 Å². The molecule has 0 saturated carbocycles. The van der Waals surface area contributed by atoms with Crippen molar-refractivity contribution in [3.05, 3.63) is 70.2 Å². The van der Waals surface area contributed by atoms with Gasteiger partial charge in [-0.25, -0.2) is 0 Å². The minimum absolute atomic E-state index is 0.334. The van der Waals surface area contributed by atoms with Crippen molar-refractivity contribution in [2.75, 3.05) is 26.2 Å². The highest BCUT2D eigenvalue weighted by Gasteiger charge is 2.33. The van der Waals surface area contributed by atoms with Crippen molar-refractivity contribution in [1.29, 1.82) is 0 Å². The summed E-state index contributed by atoms with van der Waals surface area (Å²) in [5.41, 5.74) is 0.970. The first kappa shape index (κ1) is 18.2. The van der Waals surface area contributed by atoms with E-state index in [-0.39, 0.29) is 0 Å². The summed E-state index contributed by atoms with van der Waals surface area (Å²) in [5.74, 6) is 0. The molecule has 2 nitrogen and oxygen atoms in total. The van der Waals surface area contributed by atoms with Crippen molar-refractivity contribution >= 4 is 11.6 Å². The predicted octanol–water partition coefficient (Wildman–Crippen LogP) is 4.68. The maximum absolute atomic E-state index is 13.1. The maximum atomic E-state index is 13.1. The normalized spacial score (nSPS) is 17.0. The molecule has 1 fully saturated rings. The summed E-state index contributed by atoms with van der Waals surface area (Å²) in [6.07, 6.45) is -4.30. The van der Waals surface area contributed by atoms with Crippen molar-refractivity contribution in [3.8, 4) is 0 Å². The first-order valence-corrected chi connectivity index (χ1v) is 8.64. The van der Waals surface area contributed by atoms with E-state index in [1.165, 1.54) is 6.07 Å². The Morgan fingerprint density at radius 3 is 2.12 bits per heavy atom. The van der Waals surface area contributed by atoms with E-state index in [0.29, 0.717) is 12.1 Å². The van der Waals surface area contributed by atoms with E-state index in [4.69, 9.17) is 11.6 Å². The average Bonchev–Trinajstić information content (AvgIpc) is 2.56. The molecule has 6 heteroatoms. The highest BCUT2D eigenvalue weighted by molar-refractivity contribution is 6.30. The molecule has 0 N–H and O–H groups in total. The Bertz CT molecular complexity index is 710. The Morgan fingerprint density at radius 2 is 1.48 bits per heavy atom. The Kier molecular flexibility index (Phi) is 5.67. The van der Waals surface area contributed by atoms with Gasteiger partial charge < -0.3 is 0 Å². The van der Waals surface area contributed by atoms with Gasteiger partial charge in [-0.15, -0.1) is 0 Å². The molecule has 0 aliphatic carbocycles. The summed E-state index contributed by atoms with van der Waals surface area (Å²) in [7, 11) is 0.